The zero-order chi connectivity index (χ0) is 13.5. The molecule has 0 heterocycles. The van der Waals surface area contributed by atoms with Gasteiger partial charge in [-0.3, -0.25) is 0 Å². The molecule has 1 aliphatic rings. The van der Waals surface area contributed by atoms with Gasteiger partial charge in [-0.15, -0.1) is 0 Å². The van der Waals surface area contributed by atoms with Crippen LogP contribution in [0.2, 0.25) is 0 Å². The van der Waals surface area contributed by atoms with Gasteiger partial charge in [0.25, 0.3) is 0 Å². The second kappa shape index (κ2) is 7.54. The molecule has 2 rings (SSSR count). The number of aryl methyl sites for hydroxylation is 1. The Morgan fingerprint density at radius 2 is 1.79 bits per heavy atom. The van der Waals surface area contributed by atoms with E-state index in [2.05, 4.69) is 48.3 Å². The number of benzene rings is 1. The van der Waals surface area contributed by atoms with Crippen LogP contribution < -0.4 is 10.2 Å². The van der Waals surface area contributed by atoms with Gasteiger partial charge in [0.05, 0.1) is 0 Å². The number of hydrogen-bond acceptors (Lipinski definition) is 2. The van der Waals surface area contributed by atoms with E-state index in [0.29, 0.717) is 0 Å². The molecule has 0 radical (unpaired) electrons. The Morgan fingerprint density at radius 1 is 1.11 bits per heavy atom. The first kappa shape index (κ1) is 14.4. The highest BCUT2D eigenvalue weighted by molar-refractivity contribution is 5.47. The predicted octanol–water partition coefficient (Wildman–Crippen LogP) is 3.74. The Labute approximate surface area is 118 Å². The standard InChI is InChI=1S/C17H28N2/c1-3-19(17-11-9-15(2)10-12-17)14-13-18-16-7-5-4-6-8-16/h9-12,16,18H,3-8,13-14H2,1-2H3. The molecule has 0 aliphatic heterocycles. The topological polar surface area (TPSA) is 15.3 Å². The summed E-state index contributed by atoms with van der Waals surface area (Å²) in [5, 5.41) is 3.73. The maximum atomic E-state index is 3.73. The fraction of sp³-hybridized carbons (Fsp3) is 0.647. The smallest absolute Gasteiger partial charge is 0.0366 e. The third-order valence-corrected chi connectivity index (χ3v) is 4.20. The number of nitrogens with one attached hydrogen (secondary N) is 1. The van der Waals surface area contributed by atoms with Gasteiger partial charge in [-0.05, 0) is 38.8 Å². The van der Waals surface area contributed by atoms with Gasteiger partial charge >= 0.3 is 0 Å². The lowest BCUT2D eigenvalue weighted by Gasteiger charge is -2.27. The molecule has 2 heteroatoms. The maximum Gasteiger partial charge on any atom is 0.0366 e. The first-order valence-electron chi connectivity index (χ1n) is 7.84. The third kappa shape index (κ3) is 4.54. The third-order valence-electron chi connectivity index (χ3n) is 4.20. The largest absolute Gasteiger partial charge is 0.371 e. The van der Waals surface area contributed by atoms with Crippen LogP contribution in [0.3, 0.4) is 0 Å². The molecule has 0 aromatic heterocycles. The average Bonchev–Trinajstić information content (AvgIpc) is 2.46. The van der Waals surface area contributed by atoms with E-state index >= 15 is 0 Å². The quantitative estimate of drug-likeness (QED) is 0.838. The summed E-state index contributed by atoms with van der Waals surface area (Å²) >= 11 is 0. The van der Waals surface area contributed by atoms with Crippen molar-refractivity contribution in [3.05, 3.63) is 29.8 Å². The van der Waals surface area contributed by atoms with Gasteiger partial charge in [0.15, 0.2) is 0 Å². The number of nitrogens with zero attached hydrogens (tertiary/aromatic N) is 1. The van der Waals surface area contributed by atoms with Crippen molar-refractivity contribution in [1.29, 1.82) is 0 Å². The molecule has 1 aromatic rings. The van der Waals surface area contributed by atoms with Gasteiger partial charge in [0, 0.05) is 31.4 Å². The molecular weight excluding hydrogens is 232 g/mol. The van der Waals surface area contributed by atoms with E-state index in [9.17, 15) is 0 Å². The molecule has 0 atom stereocenters. The molecule has 0 spiro atoms. The highest BCUT2D eigenvalue weighted by Crippen LogP contribution is 2.17. The summed E-state index contributed by atoms with van der Waals surface area (Å²) in [6, 6.07) is 9.64. The molecule has 19 heavy (non-hydrogen) atoms. The predicted molar refractivity (Wildman–Crippen MR) is 83.9 cm³/mol. The zero-order valence-electron chi connectivity index (χ0n) is 12.5. The van der Waals surface area contributed by atoms with Gasteiger partial charge in [-0.25, -0.2) is 0 Å². The van der Waals surface area contributed by atoms with E-state index in [0.717, 1.165) is 25.7 Å². The van der Waals surface area contributed by atoms with Gasteiger partial charge in [-0.2, -0.15) is 0 Å². The summed E-state index contributed by atoms with van der Waals surface area (Å²) in [5.74, 6) is 0. The van der Waals surface area contributed by atoms with Crippen LogP contribution in [0.4, 0.5) is 5.69 Å². The van der Waals surface area contributed by atoms with Crippen molar-refractivity contribution in [3.63, 3.8) is 0 Å². The molecular formula is C17H28N2. The molecule has 106 valence electrons. The molecule has 2 nitrogen and oxygen atoms in total. The Kier molecular flexibility index (Phi) is 5.71. The Bertz CT molecular complexity index is 352. The first-order valence-corrected chi connectivity index (χ1v) is 7.84. The molecule has 1 N–H and O–H groups in total. The maximum absolute atomic E-state index is 3.73. The lowest BCUT2D eigenvalue weighted by molar-refractivity contribution is 0.376. The van der Waals surface area contributed by atoms with E-state index in [4.69, 9.17) is 0 Å². The van der Waals surface area contributed by atoms with Crippen molar-refractivity contribution < 1.29 is 0 Å². The van der Waals surface area contributed by atoms with Crippen LogP contribution in [0.1, 0.15) is 44.6 Å². The van der Waals surface area contributed by atoms with Gasteiger partial charge < -0.3 is 10.2 Å². The van der Waals surface area contributed by atoms with Crippen LogP contribution in [0.15, 0.2) is 24.3 Å². The second-order valence-corrected chi connectivity index (χ2v) is 5.70. The molecule has 1 aromatic carbocycles. The van der Waals surface area contributed by atoms with Gasteiger partial charge in [0.2, 0.25) is 0 Å². The van der Waals surface area contributed by atoms with Crippen molar-refractivity contribution in [1.82, 2.24) is 5.32 Å². The number of rotatable bonds is 6. The van der Waals surface area contributed by atoms with E-state index in [-0.39, 0.29) is 0 Å². The van der Waals surface area contributed by atoms with Crippen molar-refractivity contribution in [2.75, 3.05) is 24.5 Å². The molecule has 1 fully saturated rings. The number of anilines is 1. The van der Waals surface area contributed by atoms with E-state index in [1.807, 2.05) is 0 Å². The fourth-order valence-electron chi connectivity index (χ4n) is 2.94. The molecule has 0 saturated heterocycles. The highest BCUT2D eigenvalue weighted by atomic mass is 15.1. The Morgan fingerprint density at radius 3 is 2.42 bits per heavy atom. The van der Waals surface area contributed by atoms with E-state index in [1.54, 1.807) is 0 Å². The van der Waals surface area contributed by atoms with Crippen molar-refractivity contribution in [2.45, 2.75) is 52.0 Å². The fourth-order valence-corrected chi connectivity index (χ4v) is 2.94. The molecule has 0 amide bonds. The monoisotopic (exact) mass is 260 g/mol. The van der Waals surface area contributed by atoms with Crippen LogP contribution in [0, 0.1) is 6.92 Å². The summed E-state index contributed by atoms with van der Waals surface area (Å²) in [6.45, 7) is 7.67. The zero-order valence-corrected chi connectivity index (χ0v) is 12.5. The van der Waals surface area contributed by atoms with E-state index < -0.39 is 0 Å². The van der Waals surface area contributed by atoms with Crippen LogP contribution in [-0.2, 0) is 0 Å². The minimum absolute atomic E-state index is 0.769. The van der Waals surface area contributed by atoms with Crippen LogP contribution in [-0.4, -0.2) is 25.7 Å². The van der Waals surface area contributed by atoms with Crippen molar-refractivity contribution in [2.24, 2.45) is 0 Å². The van der Waals surface area contributed by atoms with Crippen LogP contribution >= 0.6 is 0 Å². The molecule has 1 aliphatic carbocycles. The van der Waals surface area contributed by atoms with Crippen molar-refractivity contribution in [3.8, 4) is 0 Å². The minimum Gasteiger partial charge on any atom is -0.371 e. The van der Waals surface area contributed by atoms with Gasteiger partial charge in [-0.1, -0.05) is 37.0 Å². The van der Waals surface area contributed by atoms with Gasteiger partial charge in [0.1, 0.15) is 0 Å². The van der Waals surface area contributed by atoms with Crippen LogP contribution in [0.25, 0.3) is 0 Å². The second-order valence-electron chi connectivity index (χ2n) is 5.70. The molecule has 0 bridgehead atoms. The first-order chi connectivity index (χ1) is 9.29. The lowest BCUT2D eigenvalue weighted by Crippen LogP contribution is -2.38. The summed E-state index contributed by atoms with van der Waals surface area (Å²) in [6.07, 6.45) is 7.00. The van der Waals surface area contributed by atoms with E-state index in [1.165, 1.54) is 43.4 Å². The molecule has 1 saturated carbocycles. The average molecular weight is 260 g/mol. The van der Waals surface area contributed by atoms with Crippen LogP contribution in [0.5, 0.6) is 0 Å². The summed E-state index contributed by atoms with van der Waals surface area (Å²) in [7, 11) is 0. The highest BCUT2D eigenvalue weighted by Gasteiger charge is 2.12. The Hall–Kier alpha value is -1.02. The normalized spacial score (nSPS) is 16.5. The molecule has 0 unspecified atom stereocenters. The summed E-state index contributed by atoms with van der Waals surface area (Å²) in [4.78, 5) is 2.45. The van der Waals surface area contributed by atoms with Crippen molar-refractivity contribution >= 4 is 5.69 Å². The summed E-state index contributed by atoms with van der Waals surface area (Å²) in [5.41, 5.74) is 2.68. The Balaban J connectivity index is 1.77. The number of likely N-dealkylation sites (N-methyl/N-ethyl adjacent to an activating group) is 1. The minimum atomic E-state index is 0.769. The summed E-state index contributed by atoms with van der Waals surface area (Å²) < 4.78 is 0. The number of hydrogen-bond donors (Lipinski definition) is 1. The SMILES string of the molecule is CCN(CCNC1CCCCC1)c1ccc(C)cc1. The lowest BCUT2D eigenvalue weighted by atomic mass is 9.95.